The Morgan fingerprint density at radius 2 is 1.57 bits per heavy atom. The number of carbonyl (C=O) groups is 1. The van der Waals surface area contributed by atoms with Gasteiger partial charge in [-0.2, -0.15) is 13.2 Å². The second-order valence-electron chi connectivity index (χ2n) is 6.18. The Kier molecular flexibility index (Phi) is 5.70. The van der Waals surface area contributed by atoms with Gasteiger partial charge in [0, 0.05) is 11.3 Å². The lowest BCUT2D eigenvalue weighted by Gasteiger charge is -2.12. The summed E-state index contributed by atoms with van der Waals surface area (Å²) in [7, 11) is -4.17. The number of halogens is 3. The summed E-state index contributed by atoms with van der Waals surface area (Å²) in [4.78, 5) is 12.0. The van der Waals surface area contributed by atoms with Crippen molar-refractivity contribution in [2.24, 2.45) is 0 Å². The summed E-state index contributed by atoms with van der Waals surface area (Å²) >= 11 is 0. The Morgan fingerprint density at radius 3 is 2.20 bits per heavy atom. The van der Waals surface area contributed by atoms with Gasteiger partial charge in [-0.15, -0.1) is 0 Å². The summed E-state index contributed by atoms with van der Waals surface area (Å²) < 4.78 is 65.4. The van der Waals surface area contributed by atoms with Crippen molar-refractivity contribution in [3.05, 3.63) is 83.9 Å². The molecule has 0 fully saturated rings. The van der Waals surface area contributed by atoms with Crippen LogP contribution in [0.5, 0.6) is 5.75 Å². The number of phenols is 1. The van der Waals surface area contributed by atoms with E-state index in [0.717, 1.165) is 24.3 Å². The monoisotopic (exact) mass is 436 g/mol. The van der Waals surface area contributed by atoms with Gasteiger partial charge < -0.3 is 10.4 Å². The van der Waals surface area contributed by atoms with Crippen LogP contribution < -0.4 is 10.0 Å². The Balaban J connectivity index is 1.76. The molecule has 0 spiro atoms. The predicted molar refractivity (Wildman–Crippen MR) is 105 cm³/mol. The third kappa shape index (κ3) is 4.90. The Hall–Kier alpha value is -3.53. The first-order chi connectivity index (χ1) is 14.1. The molecule has 0 bridgehead atoms. The van der Waals surface area contributed by atoms with Crippen LogP contribution in [0.1, 0.15) is 15.9 Å². The summed E-state index contributed by atoms with van der Waals surface area (Å²) in [5.41, 5.74) is -0.924. The minimum absolute atomic E-state index is 0.122. The minimum Gasteiger partial charge on any atom is -0.506 e. The zero-order chi connectivity index (χ0) is 21.9. The van der Waals surface area contributed by atoms with Crippen LogP contribution in [0.2, 0.25) is 0 Å². The van der Waals surface area contributed by atoms with E-state index in [1.165, 1.54) is 30.3 Å². The molecular formula is C20H15F3N2O4S. The van der Waals surface area contributed by atoms with Crippen molar-refractivity contribution < 1.29 is 31.5 Å². The third-order valence-corrected chi connectivity index (χ3v) is 5.42. The number of alkyl halides is 3. The summed E-state index contributed by atoms with van der Waals surface area (Å²) in [5.74, 6) is -0.707. The van der Waals surface area contributed by atoms with Gasteiger partial charge in [0.15, 0.2) is 0 Å². The number of nitrogens with one attached hydrogen (secondary N) is 2. The second-order valence-corrected chi connectivity index (χ2v) is 7.86. The van der Waals surface area contributed by atoms with E-state index in [1.807, 2.05) is 0 Å². The van der Waals surface area contributed by atoms with Crippen molar-refractivity contribution in [2.45, 2.75) is 11.1 Å². The molecule has 3 aromatic carbocycles. The van der Waals surface area contributed by atoms with E-state index in [0.29, 0.717) is 6.07 Å². The molecule has 0 aromatic heterocycles. The topological polar surface area (TPSA) is 95.5 Å². The molecule has 3 rings (SSSR count). The highest BCUT2D eigenvalue weighted by Gasteiger charge is 2.30. The first kappa shape index (κ1) is 21.2. The van der Waals surface area contributed by atoms with Crippen LogP contribution in [0, 0.1) is 0 Å². The Bertz CT molecular complexity index is 1180. The van der Waals surface area contributed by atoms with Crippen LogP contribution in [0.15, 0.2) is 77.7 Å². The number of carbonyl (C=O) groups excluding carboxylic acids is 1. The highest BCUT2D eigenvalue weighted by molar-refractivity contribution is 7.92. The molecular weight excluding hydrogens is 421 g/mol. The first-order valence-electron chi connectivity index (χ1n) is 8.46. The average molecular weight is 436 g/mol. The predicted octanol–water partition coefficient (Wildman–Crippen LogP) is 4.46. The number of benzene rings is 3. The smallest absolute Gasteiger partial charge is 0.416 e. The standard InChI is InChI=1S/C20H15F3N2O4S/c21-20(22,23)14-4-3-5-15(12-14)25-30(28,29)16-10-8-13(9-11-16)19(27)24-17-6-1-2-7-18(17)26/h1-12,25-26H,(H,24,27). The van der Waals surface area contributed by atoms with Crippen molar-refractivity contribution in [1.82, 2.24) is 0 Å². The van der Waals surface area contributed by atoms with Gasteiger partial charge in [0.1, 0.15) is 5.75 Å². The molecule has 30 heavy (non-hydrogen) atoms. The van der Waals surface area contributed by atoms with Crippen molar-refractivity contribution >= 4 is 27.3 Å². The number of anilines is 2. The van der Waals surface area contributed by atoms with Gasteiger partial charge >= 0.3 is 6.18 Å². The molecule has 0 saturated heterocycles. The van der Waals surface area contributed by atoms with Crippen molar-refractivity contribution in [1.29, 1.82) is 0 Å². The molecule has 0 radical (unpaired) electrons. The molecule has 10 heteroatoms. The lowest BCUT2D eigenvalue weighted by atomic mass is 10.2. The Labute approximate surface area is 170 Å². The van der Waals surface area contributed by atoms with Gasteiger partial charge in [-0.1, -0.05) is 18.2 Å². The maximum absolute atomic E-state index is 12.8. The Morgan fingerprint density at radius 1 is 0.900 bits per heavy atom. The van der Waals surface area contributed by atoms with Crippen LogP contribution in [-0.4, -0.2) is 19.4 Å². The van der Waals surface area contributed by atoms with Gasteiger partial charge in [-0.05, 0) is 54.6 Å². The van der Waals surface area contributed by atoms with Crippen LogP contribution >= 0.6 is 0 Å². The molecule has 3 aromatic rings. The minimum atomic E-state index is -4.61. The molecule has 1 amide bonds. The van der Waals surface area contributed by atoms with E-state index in [4.69, 9.17) is 0 Å². The van der Waals surface area contributed by atoms with E-state index in [2.05, 4.69) is 10.0 Å². The summed E-state index contributed by atoms with van der Waals surface area (Å²) in [5, 5.41) is 12.2. The molecule has 6 nitrogen and oxygen atoms in total. The molecule has 3 N–H and O–H groups in total. The van der Waals surface area contributed by atoms with Gasteiger partial charge in [-0.3, -0.25) is 9.52 Å². The molecule has 0 heterocycles. The molecule has 0 atom stereocenters. The second kappa shape index (κ2) is 8.07. The lowest BCUT2D eigenvalue weighted by Crippen LogP contribution is -2.15. The number of amides is 1. The number of aromatic hydroxyl groups is 1. The highest BCUT2D eigenvalue weighted by Crippen LogP contribution is 2.31. The number of rotatable bonds is 5. The van der Waals surface area contributed by atoms with Gasteiger partial charge in [0.2, 0.25) is 0 Å². The van der Waals surface area contributed by atoms with Crippen molar-refractivity contribution in [2.75, 3.05) is 10.0 Å². The zero-order valence-corrected chi connectivity index (χ0v) is 16.0. The number of sulfonamides is 1. The SMILES string of the molecule is O=C(Nc1ccccc1O)c1ccc(S(=O)(=O)Nc2cccc(C(F)(F)F)c2)cc1. The largest absolute Gasteiger partial charge is 0.506 e. The molecule has 0 unspecified atom stereocenters. The quantitative estimate of drug-likeness (QED) is 0.515. The number of hydrogen-bond donors (Lipinski definition) is 3. The van der Waals surface area contributed by atoms with E-state index < -0.39 is 27.7 Å². The van der Waals surface area contributed by atoms with Crippen molar-refractivity contribution in [3.63, 3.8) is 0 Å². The summed E-state index contributed by atoms with van der Waals surface area (Å²) in [6.45, 7) is 0. The molecule has 156 valence electrons. The van der Waals surface area contributed by atoms with Crippen LogP contribution in [0.3, 0.4) is 0 Å². The normalized spacial score (nSPS) is 11.7. The fourth-order valence-electron chi connectivity index (χ4n) is 2.53. The summed E-state index contributed by atoms with van der Waals surface area (Å²) in [6, 6.07) is 14.7. The van der Waals surface area contributed by atoms with Crippen LogP contribution in [0.25, 0.3) is 0 Å². The fraction of sp³-hybridized carbons (Fsp3) is 0.0500. The van der Waals surface area contributed by atoms with Crippen LogP contribution in [0.4, 0.5) is 24.5 Å². The number of phenolic OH excluding ortho intramolecular Hbond substituents is 1. The van der Waals surface area contributed by atoms with Crippen molar-refractivity contribution in [3.8, 4) is 5.75 Å². The maximum atomic E-state index is 12.8. The summed E-state index contributed by atoms with van der Waals surface area (Å²) in [6.07, 6.45) is -4.61. The van der Waals surface area contributed by atoms with Gasteiger partial charge in [-0.25, -0.2) is 8.42 Å². The van der Waals surface area contributed by atoms with E-state index in [-0.39, 0.29) is 27.6 Å². The van der Waals surface area contributed by atoms with Gasteiger partial charge in [0.05, 0.1) is 16.1 Å². The van der Waals surface area contributed by atoms with E-state index >= 15 is 0 Å². The van der Waals surface area contributed by atoms with E-state index in [1.54, 1.807) is 12.1 Å². The third-order valence-electron chi connectivity index (χ3n) is 4.02. The maximum Gasteiger partial charge on any atom is 0.416 e. The average Bonchev–Trinajstić information content (AvgIpc) is 2.69. The first-order valence-corrected chi connectivity index (χ1v) is 9.94. The molecule has 0 aliphatic heterocycles. The molecule has 0 saturated carbocycles. The fourth-order valence-corrected chi connectivity index (χ4v) is 3.58. The zero-order valence-electron chi connectivity index (χ0n) is 15.1. The number of hydrogen-bond acceptors (Lipinski definition) is 4. The lowest BCUT2D eigenvalue weighted by molar-refractivity contribution is -0.137. The number of para-hydroxylation sites is 2. The molecule has 0 aliphatic rings. The van der Waals surface area contributed by atoms with E-state index in [9.17, 15) is 31.5 Å². The highest BCUT2D eigenvalue weighted by atomic mass is 32.2. The van der Waals surface area contributed by atoms with Gasteiger partial charge in [0.25, 0.3) is 15.9 Å². The van der Waals surface area contributed by atoms with Crippen LogP contribution in [-0.2, 0) is 16.2 Å². The molecule has 0 aliphatic carbocycles.